The molecule has 0 aliphatic carbocycles. The lowest BCUT2D eigenvalue weighted by Crippen LogP contribution is -2.50. The predicted octanol–water partition coefficient (Wildman–Crippen LogP) is 8.48. The Morgan fingerprint density at radius 2 is 1.46 bits per heavy atom. The monoisotopic (exact) mass is 566 g/mol. The highest BCUT2D eigenvalue weighted by Gasteiger charge is 2.24. The van der Waals surface area contributed by atoms with Crippen LogP contribution in [0.15, 0.2) is 30.3 Å². The summed E-state index contributed by atoms with van der Waals surface area (Å²) in [5.41, 5.74) is 3.68. The number of piperazine rings is 1. The molecule has 2 heterocycles. The van der Waals surface area contributed by atoms with E-state index in [0.717, 1.165) is 29.8 Å². The summed E-state index contributed by atoms with van der Waals surface area (Å²) >= 11 is 0. The van der Waals surface area contributed by atoms with Gasteiger partial charge in [0.15, 0.2) is 0 Å². The van der Waals surface area contributed by atoms with Crippen molar-refractivity contribution in [2.45, 2.75) is 110 Å². The number of aromatic nitrogens is 1. The molecule has 0 radical (unpaired) electrons. The van der Waals surface area contributed by atoms with Crippen LogP contribution in [0.5, 0.6) is 11.6 Å². The molecule has 1 aromatic carbocycles. The number of benzene rings is 1. The first kappa shape index (κ1) is 32.6. The Bertz CT molecular complexity index is 1040. The molecule has 0 atom stereocenters. The molecule has 0 saturated carbocycles. The number of carbonyl (C=O) groups is 1. The number of phenols is 1. The molecule has 1 aromatic heterocycles. The number of nitrogens with one attached hydrogen (secondary N) is 1. The van der Waals surface area contributed by atoms with E-state index in [9.17, 15) is 9.90 Å². The summed E-state index contributed by atoms with van der Waals surface area (Å²) in [7, 11) is 1.61. The second kappa shape index (κ2) is 18.5. The highest BCUT2D eigenvalue weighted by Crippen LogP contribution is 2.30. The van der Waals surface area contributed by atoms with Crippen LogP contribution in [0.1, 0.15) is 108 Å². The number of unbranched alkanes of at least 4 members (excludes halogenated alkanes) is 13. The van der Waals surface area contributed by atoms with Crippen molar-refractivity contribution in [3.63, 3.8) is 0 Å². The fraction of sp³-hybridized carbons (Fsp3) is 0.647. The molecular formula is C34H54N4O3. The van der Waals surface area contributed by atoms with Gasteiger partial charge in [-0.1, -0.05) is 96.5 Å². The van der Waals surface area contributed by atoms with Gasteiger partial charge < -0.3 is 25.0 Å². The van der Waals surface area contributed by atoms with Crippen LogP contribution in [0.3, 0.4) is 0 Å². The number of anilines is 2. The average molecular weight is 567 g/mol. The molecule has 2 N–H and O–H groups in total. The lowest BCUT2D eigenvalue weighted by molar-refractivity contribution is 0.208. The van der Waals surface area contributed by atoms with E-state index in [-0.39, 0.29) is 11.8 Å². The Balaban J connectivity index is 1.39. The van der Waals surface area contributed by atoms with Gasteiger partial charge in [0, 0.05) is 43.6 Å². The van der Waals surface area contributed by atoms with E-state index in [2.05, 4.69) is 28.2 Å². The van der Waals surface area contributed by atoms with Gasteiger partial charge in [0.05, 0.1) is 7.11 Å². The van der Waals surface area contributed by atoms with E-state index in [1.54, 1.807) is 19.2 Å². The SMILES string of the molecule is CCCCCCCCCCCCCCCCc1cc(C)nc(OC)c1NC(=O)N1CCN(c2cccc(O)c2)CC1. The number of hydrogen-bond acceptors (Lipinski definition) is 5. The summed E-state index contributed by atoms with van der Waals surface area (Å²) in [6.07, 6.45) is 19.7. The Kier molecular flexibility index (Phi) is 14.7. The molecule has 3 rings (SSSR count). The minimum absolute atomic E-state index is 0.119. The van der Waals surface area contributed by atoms with Crippen molar-refractivity contribution >= 4 is 17.4 Å². The molecule has 0 bridgehead atoms. The molecule has 1 aliphatic heterocycles. The summed E-state index contributed by atoms with van der Waals surface area (Å²) in [6.45, 7) is 6.90. The number of carbonyl (C=O) groups excluding carboxylic acids is 1. The van der Waals surface area contributed by atoms with E-state index in [0.29, 0.717) is 37.7 Å². The van der Waals surface area contributed by atoms with Crippen molar-refractivity contribution in [1.82, 2.24) is 9.88 Å². The zero-order valence-corrected chi connectivity index (χ0v) is 25.9. The molecule has 1 fully saturated rings. The minimum Gasteiger partial charge on any atom is -0.508 e. The van der Waals surface area contributed by atoms with Crippen LogP contribution in [-0.4, -0.2) is 54.3 Å². The second-order valence-corrected chi connectivity index (χ2v) is 11.6. The van der Waals surface area contributed by atoms with Gasteiger partial charge in [0.2, 0.25) is 5.88 Å². The van der Waals surface area contributed by atoms with Gasteiger partial charge >= 0.3 is 6.03 Å². The molecule has 41 heavy (non-hydrogen) atoms. The zero-order chi connectivity index (χ0) is 29.3. The van der Waals surface area contributed by atoms with Crippen LogP contribution in [0.4, 0.5) is 16.2 Å². The molecule has 0 unspecified atom stereocenters. The first-order chi connectivity index (χ1) is 20.0. The number of hydrogen-bond donors (Lipinski definition) is 2. The number of rotatable bonds is 18. The largest absolute Gasteiger partial charge is 0.508 e. The minimum atomic E-state index is -0.119. The van der Waals surface area contributed by atoms with Gasteiger partial charge in [0.1, 0.15) is 11.4 Å². The van der Waals surface area contributed by atoms with Crippen molar-refractivity contribution in [3.05, 3.63) is 41.6 Å². The maximum absolute atomic E-state index is 13.2. The summed E-state index contributed by atoms with van der Waals surface area (Å²) < 4.78 is 5.59. The van der Waals surface area contributed by atoms with Crippen molar-refractivity contribution in [3.8, 4) is 11.6 Å². The van der Waals surface area contributed by atoms with Gasteiger partial charge in [-0.25, -0.2) is 9.78 Å². The number of aryl methyl sites for hydroxylation is 2. The molecule has 2 aromatic rings. The Hall–Kier alpha value is -2.96. The summed E-state index contributed by atoms with van der Waals surface area (Å²) in [5.74, 6) is 0.741. The van der Waals surface area contributed by atoms with Gasteiger partial charge in [-0.3, -0.25) is 0 Å². The van der Waals surface area contributed by atoms with Crippen LogP contribution in [-0.2, 0) is 6.42 Å². The van der Waals surface area contributed by atoms with E-state index >= 15 is 0 Å². The standard InChI is InChI=1S/C34H54N4O3/c1-4-5-6-7-8-9-10-11-12-13-14-15-16-17-19-29-26-28(2)35-33(41-3)32(29)36-34(40)38-24-22-37(23-25-38)30-20-18-21-31(39)27-30/h18,20-21,26-27,39H,4-17,19,22-25H2,1-3H3,(H,36,40). The predicted molar refractivity (Wildman–Crippen MR) is 170 cm³/mol. The number of nitrogens with zero attached hydrogens (tertiary/aromatic N) is 3. The van der Waals surface area contributed by atoms with Crippen molar-refractivity contribution in [1.29, 1.82) is 0 Å². The number of pyridine rings is 1. The molecule has 1 saturated heterocycles. The topological polar surface area (TPSA) is 77.9 Å². The lowest BCUT2D eigenvalue weighted by Gasteiger charge is -2.36. The molecule has 7 nitrogen and oxygen atoms in total. The van der Waals surface area contributed by atoms with E-state index in [4.69, 9.17) is 4.74 Å². The first-order valence-corrected chi connectivity index (χ1v) is 16.2. The van der Waals surface area contributed by atoms with Gasteiger partial charge in [0.25, 0.3) is 0 Å². The quantitative estimate of drug-likeness (QED) is 0.177. The zero-order valence-electron chi connectivity index (χ0n) is 25.9. The second-order valence-electron chi connectivity index (χ2n) is 11.6. The maximum Gasteiger partial charge on any atom is 0.322 e. The third-order valence-electron chi connectivity index (χ3n) is 8.18. The van der Waals surface area contributed by atoms with Crippen LogP contribution in [0, 0.1) is 6.92 Å². The smallest absolute Gasteiger partial charge is 0.322 e. The van der Waals surface area contributed by atoms with Crippen molar-refractivity contribution in [2.75, 3.05) is 43.5 Å². The normalized spacial score (nSPS) is 13.4. The average Bonchev–Trinajstić information content (AvgIpc) is 2.98. The Morgan fingerprint density at radius 3 is 2.02 bits per heavy atom. The van der Waals surface area contributed by atoms with Gasteiger partial charge in [-0.2, -0.15) is 0 Å². The summed E-state index contributed by atoms with van der Waals surface area (Å²) in [4.78, 5) is 21.8. The van der Waals surface area contributed by atoms with E-state index < -0.39 is 0 Å². The third kappa shape index (κ3) is 11.4. The van der Waals surface area contributed by atoms with Gasteiger partial charge in [-0.15, -0.1) is 0 Å². The lowest BCUT2D eigenvalue weighted by atomic mass is 10.0. The number of ether oxygens (including phenoxy) is 1. The Labute approximate surface area is 248 Å². The fourth-order valence-corrected chi connectivity index (χ4v) is 5.74. The molecule has 1 aliphatic rings. The molecule has 0 spiro atoms. The molecule has 228 valence electrons. The number of methoxy groups -OCH3 is 1. The van der Waals surface area contributed by atoms with Crippen LogP contribution in [0.25, 0.3) is 0 Å². The maximum atomic E-state index is 13.2. The third-order valence-corrected chi connectivity index (χ3v) is 8.18. The number of aromatic hydroxyl groups is 1. The van der Waals surface area contributed by atoms with E-state index in [1.807, 2.05) is 24.0 Å². The summed E-state index contributed by atoms with van der Waals surface area (Å²) in [5, 5.41) is 12.9. The first-order valence-electron chi connectivity index (χ1n) is 16.2. The van der Waals surface area contributed by atoms with Crippen LogP contribution < -0.4 is 15.0 Å². The highest BCUT2D eigenvalue weighted by molar-refractivity contribution is 5.92. The molecule has 7 heteroatoms. The Morgan fingerprint density at radius 1 is 0.878 bits per heavy atom. The fourth-order valence-electron chi connectivity index (χ4n) is 5.74. The van der Waals surface area contributed by atoms with Gasteiger partial charge in [-0.05, 0) is 43.5 Å². The van der Waals surface area contributed by atoms with Crippen molar-refractivity contribution < 1.29 is 14.6 Å². The van der Waals surface area contributed by atoms with Crippen molar-refractivity contribution in [2.24, 2.45) is 0 Å². The number of phenolic OH excluding ortho intramolecular Hbond substituents is 1. The molecule has 2 amide bonds. The summed E-state index contributed by atoms with van der Waals surface area (Å²) in [6, 6.07) is 9.24. The number of urea groups is 1. The molecular weight excluding hydrogens is 512 g/mol. The van der Waals surface area contributed by atoms with Crippen LogP contribution >= 0.6 is 0 Å². The highest BCUT2D eigenvalue weighted by atomic mass is 16.5. The number of amides is 2. The van der Waals surface area contributed by atoms with E-state index in [1.165, 1.54) is 83.5 Å². The van der Waals surface area contributed by atoms with Crippen LogP contribution in [0.2, 0.25) is 0 Å².